The summed E-state index contributed by atoms with van der Waals surface area (Å²) in [5.41, 5.74) is 0. The van der Waals surface area contributed by atoms with Gasteiger partial charge in [-0.25, -0.2) is 0 Å². The van der Waals surface area contributed by atoms with Gasteiger partial charge in [0.1, 0.15) is 0 Å². The number of hydrogen-bond acceptors (Lipinski definition) is 2. The lowest BCUT2D eigenvalue weighted by Gasteiger charge is -2.09. The Morgan fingerprint density at radius 2 is 2.45 bits per heavy atom. The molecule has 1 fully saturated rings. The van der Waals surface area contributed by atoms with Crippen LogP contribution >= 0.6 is 11.6 Å². The molecule has 0 radical (unpaired) electrons. The molecule has 1 saturated heterocycles. The van der Waals surface area contributed by atoms with Crippen LogP contribution in [0.3, 0.4) is 0 Å². The minimum absolute atomic E-state index is 0.674. The molecule has 3 heteroatoms. The monoisotopic (exact) mass is 176 g/mol. The molecule has 0 bridgehead atoms. The fourth-order valence-electron chi connectivity index (χ4n) is 1.52. The number of hydrogen-bond donors (Lipinski definition) is 2. The van der Waals surface area contributed by atoms with Gasteiger partial charge in [-0.1, -0.05) is 6.92 Å². The molecule has 2 N–H and O–H groups in total. The molecule has 1 aliphatic heterocycles. The van der Waals surface area contributed by atoms with E-state index in [1.54, 1.807) is 0 Å². The van der Waals surface area contributed by atoms with E-state index in [0.717, 1.165) is 19.0 Å². The van der Waals surface area contributed by atoms with Gasteiger partial charge in [-0.3, -0.25) is 0 Å². The van der Waals surface area contributed by atoms with Crippen molar-refractivity contribution in [3.8, 4) is 0 Å². The van der Waals surface area contributed by atoms with Gasteiger partial charge in [0.05, 0.1) is 0 Å². The second-order valence-corrected chi connectivity index (χ2v) is 3.72. The van der Waals surface area contributed by atoms with Crippen LogP contribution in [0, 0.1) is 5.92 Å². The van der Waals surface area contributed by atoms with Crippen LogP contribution in [0.4, 0.5) is 0 Å². The minimum Gasteiger partial charge on any atom is -0.314 e. The van der Waals surface area contributed by atoms with Gasteiger partial charge < -0.3 is 10.6 Å². The fraction of sp³-hybridized carbons (Fsp3) is 1.00. The fourth-order valence-corrected chi connectivity index (χ4v) is 1.65. The largest absolute Gasteiger partial charge is 0.314 e. The van der Waals surface area contributed by atoms with Crippen LogP contribution < -0.4 is 10.6 Å². The van der Waals surface area contributed by atoms with E-state index in [4.69, 9.17) is 11.6 Å². The molecule has 0 saturated carbocycles. The Balaban J connectivity index is 1.99. The van der Waals surface area contributed by atoms with Crippen molar-refractivity contribution in [3.63, 3.8) is 0 Å². The molecule has 0 aromatic heterocycles. The number of alkyl halides is 1. The molecule has 1 heterocycles. The highest BCUT2D eigenvalue weighted by atomic mass is 35.5. The van der Waals surface area contributed by atoms with Crippen molar-refractivity contribution in [3.05, 3.63) is 0 Å². The average Bonchev–Trinajstić information content (AvgIpc) is 2.37. The second kappa shape index (κ2) is 4.96. The van der Waals surface area contributed by atoms with E-state index in [1.807, 2.05) is 0 Å². The first-order valence-corrected chi connectivity index (χ1v) is 4.86. The van der Waals surface area contributed by atoms with Crippen molar-refractivity contribution in [2.24, 2.45) is 5.92 Å². The zero-order chi connectivity index (χ0) is 8.10. The van der Waals surface area contributed by atoms with Crippen molar-refractivity contribution < 1.29 is 0 Å². The van der Waals surface area contributed by atoms with Crippen LogP contribution in [0.1, 0.15) is 13.3 Å². The molecule has 1 rings (SSSR count). The third-order valence-electron chi connectivity index (χ3n) is 2.10. The molecule has 66 valence electrons. The van der Waals surface area contributed by atoms with Crippen molar-refractivity contribution in [2.45, 2.75) is 19.4 Å². The summed E-state index contributed by atoms with van der Waals surface area (Å²) in [5.74, 6) is 1.56. The summed E-state index contributed by atoms with van der Waals surface area (Å²) in [6, 6.07) is 0.674. The molecule has 2 atom stereocenters. The number of halogens is 1. The topological polar surface area (TPSA) is 24.1 Å². The quantitative estimate of drug-likeness (QED) is 0.490. The molecule has 1 aliphatic rings. The van der Waals surface area contributed by atoms with Gasteiger partial charge in [-0.15, -0.1) is 11.6 Å². The molecule has 0 aromatic carbocycles. The molecule has 0 aromatic rings. The van der Waals surface area contributed by atoms with Crippen molar-refractivity contribution in [2.75, 3.05) is 25.5 Å². The summed E-state index contributed by atoms with van der Waals surface area (Å²) < 4.78 is 0. The van der Waals surface area contributed by atoms with E-state index < -0.39 is 0 Å². The van der Waals surface area contributed by atoms with E-state index in [0.29, 0.717) is 11.9 Å². The first kappa shape index (κ1) is 9.30. The standard InChI is InChI=1S/C8H17ClN2/c1-7-4-8(11-5-7)6-10-3-2-9/h7-8,10-11H,2-6H2,1H3/t7?,8-/m0/s1. The molecular formula is C8H17ClN2. The van der Waals surface area contributed by atoms with Crippen molar-refractivity contribution in [1.29, 1.82) is 0 Å². The predicted molar refractivity (Wildman–Crippen MR) is 49.2 cm³/mol. The third kappa shape index (κ3) is 3.41. The zero-order valence-corrected chi connectivity index (χ0v) is 7.82. The highest BCUT2D eigenvalue weighted by Gasteiger charge is 2.19. The Bertz CT molecular complexity index is 108. The van der Waals surface area contributed by atoms with Gasteiger partial charge in [0.15, 0.2) is 0 Å². The van der Waals surface area contributed by atoms with E-state index in [-0.39, 0.29) is 0 Å². The lowest BCUT2D eigenvalue weighted by atomic mass is 10.1. The van der Waals surface area contributed by atoms with Crippen LogP contribution in [0.5, 0.6) is 0 Å². The number of nitrogens with one attached hydrogen (secondary N) is 2. The second-order valence-electron chi connectivity index (χ2n) is 3.34. The molecular weight excluding hydrogens is 160 g/mol. The molecule has 0 aliphatic carbocycles. The molecule has 0 amide bonds. The Kier molecular flexibility index (Phi) is 4.20. The molecule has 1 unspecified atom stereocenters. The normalized spacial score (nSPS) is 31.1. The molecule has 11 heavy (non-hydrogen) atoms. The lowest BCUT2D eigenvalue weighted by molar-refractivity contribution is 0.535. The van der Waals surface area contributed by atoms with Gasteiger partial charge >= 0.3 is 0 Å². The summed E-state index contributed by atoms with van der Waals surface area (Å²) in [4.78, 5) is 0. The Morgan fingerprint density at radius 1 is 1.64 bits per heavy atom. The summed E-state index contributed by atoms with van der Waals surface area (Å²) >= 11 is 5.53. The molecule has 2 nitrogen and oxygen atoms in total. The SMILES string of the molecule is CC1CN[C@H](CNCCCl)C1. The van der Waals surface area contributed by atoms with Gasteiger partial charge in [-0.2, -0.15) is 0 Å². The van der Waals surface area contributed by atoms with E-state index in [2.05, 4.69) is 17.6 Å². The summed E-state index contributed by atoms with van der Waals surface area (Å²) in [6.45, 7) is 5.45. The molecule has 0 spiro atoms. The summed E-state index contributed by atoms with van der Waals surface area (Å²) in [6.07, 6.45) is 1.30. The van der Waals surface area contributed by atoms with Gasteiger partial charge in [0, 0.05) is 25.0 Å². The van der Waals surface area contributed by atoms with Crippen LogP contribution in [0.2, 0.25) is 0 Å². The maximum Gasteiger partial charge on any atom is 0.0348 e. The lowest BCUT2D eigenvalue weighted by Crippen LogP contribution is -2.34. The van der Waals surface area contributed by atoms with Gasteiger partial charge in [0.2, 0.25) is 0 Å². The van der Waals surface area contributed by atoms with Crippen LogP contribution in [-0.4, -0.2) is 31.6 Å². The highest BCUT2D eigenvalue weighted by molar-refractivity contribution is 6.18. The van der Waals surface area contributed by atoms with Crippen LogP contribution in [0.15, 0.2) is 0 Å². The maximum atomic E-state index is 5.53. The van der Waals surface area contributed by atoms with Crippen LogP contribution in [0.25, 0.3) is 0 Å². The Morgan fingerprint density at radius 3 is 3.00 bits per heavy atom. The van der Waals surface area contributed by atoms with E-state index >= 15 is 0 Å². The zero-order valence-electron chi connectivity index (χ0n) is 7.07. The minimum atomic E-state index is 0.674. The predicted octanol–water partition coefficient (Wildman–Crippen LogP) is 0.813. The van der Waals surface area contributed by atoms with Gasteiger partial charge in [-0.05, 0) is 18.9 Å². The van der Waals surface area contributed by atoms with E-state index in [9.17, 15) is 0 Å². The van der Waals surface area contributed by atoms with Crippen molar-refractivity contribution >= 4 is 11.6 Å². The number of rotatable bonds is 4. The van der Waals surface area contributed by atoms with Crippen molar-refractivity contribution in [1.82, 2.24) is 10.6 Å². The maximum absolute atomic E-state index is 5.53. The summed E-state index contributed by atoms with van der Waals surface area (Å²) in [7, 11) is 0. The average molecular weight is 177 g/mol. The Hall–Kier alpha value is 0.210. The first-order valence-electron chi connectivity index (χ1n) is 4.33. The van der Waals surface area contributed by atoms with Gasteiger partial charge in [0.25, 0.3) is 0 Å². The van der Waals surface area contributed by atoms with Crippen LogP contribution in [-0.2, 0) is 0 Å². The first-order chi connectivity index (χ1) is 5.33. The smallest absolute Gasteiger partial charge is 0.0348 e. The summed E-state index contributed by atoms with van der Waals surface area (Å²) in [5, 5.41) is 6.76. The highest BCUT2D eigenvalue weighted by Crippen LogP contribution is 2.11. The Labute approximate surface area is 73.7 Å². The third-order valence-corrected chi connectivity index (χ3v) is 2.29. The van der Waals surface area contributed by atoms with E-state index in [1.165, 1.54) is 13.0 Å².